The number of hydrogen-bond donors (Lipinski definition) is 1. The van der Waals surface area contributed by atoms with Gasteiger partial charge in [0.15, 0.2) is 5.58 Å². The van der Waals surface area contributed by atoms with Crippen LogP contribution in [0.15, 0.2) is 76.4 Å². The summed E-state index contributed by atoms with van der Waals surface area (Å²) < 4.78 is 5.68. The largest absolute Gasteiger partial charge is 0.431 e. The van der Waals surface area contributed by atoms with Crippen molar-refractivity contribution in [2.45, 2.75) is 17.4 Å². The SMILES string of the molecule is C[C@@H](Sc1nc2ccccc2o1)C(=O)Nc1cccc2ccccc12. The van der Waals surface area contributed by atoms with Crippen LogP contribution < -0.4 is 5.32 Å². The van der Waals surface area contributed by atoms with Gasteiger partial charge in [-0.1, -0.05) is 60.3 Å². The number of carbonyl (C=O) groups excluding carboxylic acids is 1. The fourth-order valence-corrected chi connectivity index (χ4v) is 3.43. The Labute approximate surface area is 149 Å². The lowest BCUT2D eigenvalue weighted by Gasteiger charge is -2.12. The van der Waals surface area contributed by atoms with Gasteiger partial charge in [-0.2, -0.15) is 0 Å². The van der Waals surface area contributed by atoms with E-state index < -0.39 is 0 Å². The van der Waals surface area contributed by atoms with Gasteiger partial charge in [-0.25, -0.2) is 4.98 Å². The number of amides is 1. The maximum absolute atomic E-state index is 12.6. The highest BCUT2D eigenvalue weighted by molar-refractivity contribution is 8.00. The number of fused-ring (bicyclic) bond motifs is 2. The molecule has 0 aliphatic heterocycles. The quantitative estimate of drug-likeness (QED) is 0.521. The minimum atomic E-state index is -0.327. The molecule has 0 fully saturated rings. The van der Waals surface area contributed by atoms with Gasteiger partial charge >= 0.3 is 0 Å². The minimum Gasteiger partial charge on any atom is -0.431 e. The number of aromatic nitrogens is 1. The molecular formula is C20H16N2O2S. The number of oxazole rings is 1. The van der Waals surface area contributed by atoms with E-state index in [0.717, 1.165) is 27.6 Å². The van der Waals surface area contributed by atoms with Crippen molar-refractivity contribution in [3.8, 4) is 0 Å². The Balaban J connectivity index is 1.52. The topological polar surface area (TPSA) is 55.1 Å². The van der Waals surface area contributed by atoms with E-state index in [1.165, 1.54) is 11.8 Å². The third kappa shape index (κ3) is 3.23. The van der Waals surface area contributed by atoms with E-state index in [-0.39, 0.29) is 11.2 Å². The van der Waals surface area contributed by atoms with Gasteiger partial charge < -0.3 is 9.73 Å². The molecular weight excluding hydrogens is 332 g/mol. The second-order valence-corrected chi connectivity index (χ2v) is 7.02. The van der Waals surface area contributed by atoms with Crippen LogP contribution in [-0.2, 0) is 4.79 Å². The highest BCUT2D eigenvalue weighted by atomic mass is 32.2. The fraction of sp³-hybridized carbons (Fsp3) is 0.100. The second-order valence-electron chi connectivity index (χ2n) is 5.72. The molecule has 1 atom stereocenters. The molecule has 1 heterocycles. The van der Waals surface area contributed by atoms with Crippen LogP contribution in [0.2, 0.25) is 0 Å². The highest BCUT2D eigenvalue weighted by Crippen LogP contribution is 2.28. The van der Waals surface area contributed by atoms with Gasteiger partial charge in [-0.05, 0) is 30.5 Å². The molecule has 1 aromatic heterocycles. The number of nitrogens with zero attached hydrogens (tertiary/aromatic N) is 1. The van der Waals surface area contributed by atoms with Crippen molar-refractivity contribution in [1.29, 1.82) is 0 Å². The number of rotatable bonds is 4. The molecule has 4 rings (SSSR count). The van der Waals surface area contributed by atoms with Crippen LogP contribution in [0.1, 0.15) is 6.92 Å². The van der Waals surface area contributed by atoms with Gasteiger partial charge in [0, 0.05) is 11.1 Å². The monoisotopic (exact) mass is 348 g/mol. The van der Waals surface area contributed by atoms with Gasteiger partial charge in [-0.15, -0.1) is 0 Å². The van der Waals surface area contributed by atoms with Crippen molar-refractivity contribution in [3.63, 3.8) is 0 Å². The number of thioether (sulfide) groups is 1. The summed E-state index contributed by atoms with van der Waals surface area (Å²) in [7, 11) is 0. The molecule has 0 aliphatic carbocycles. The third-order valence-corrected chi connectivity index (χ3v) is 4.91. The van der Waals surface area contributed by atoms with E-state index in [1.54, 1.807) is 0 Å². The van der Waals surface area contributed by atoms with Gasteiger partial charge in [0.2, 0.25) is 5.91 Å². The number of nitrogens with one attached hydrogen (secondary N) is 1. The Morgan fingerprint density at radius 2 is 1.80 bits per heavy atom. The predicted molar refractivity (Wildman–Crippen MR) is 102 cm³/mol. The average molecular weight is 348 g/mol. The summed E-state index contributed by atoms with van der Waals surface area (Å²) in [6.45, 7) is 1.85. The number of anilines is 1. The van der Waals surface area contributed by atoms with Crippen LogP contribution in [0.4, 0.5) is 5.69 Å². The van der Waals surface area contributed by atoms with Crippen LogP contribution in [0.3, 0.4) is 0 Å². The van der Waals surface area contributed by atoms with Crippen LogP contribution in [-0.4, -0.2) is 16.1 Å². The van der Waals surface area contributed by atoms with Gasteiger partial charge in [-0.3, -0.25) is 4.79 Å². The maximum Gasteiger partial charge on any atom is 0.257 e. The zero-order chi connectivity index (χ0) is 17.2. The lowest BCUT2D eigenvalue weighted by molar-refractivity contribution is -0.115. The number of hydrogen-bond acceptors (Lipinski definition) is 4. The molecule has 25 heavy (non-hydrogen) atoms. The summed E-state index contributed by atoms with van der Waals surface area (Å²) in [5.41, 5.74) is 2.34. The van der Waals surface area contributed by atoms with Crippen molar-refractivity contribution in [3.05, 3.63) is 66.7 Å². The summed E-state index contributed by atoms with van der Waals surface area (Å²) >= 11 is 1.31. The Morgan fingerprint density at radius 1 is 1.04 bits per heavy atom. The van der Waals surface area contributed by atoms with E-state index in [2.05, 4.69) is 10.3 Å². The number of carbonyl (C=O) groups is 1. The van der Waals surface area contributed by atoms with E-state index in [4.69, 9.17) is 4.42 Å². The first-order valence-electron chi connectivity index (χ1n) is 8.01. The molecule has 0 radical (unpaired) electrons. The average Bonchev–Trinajstić information content (AvgIpc) is 3.04. The summed E-state index contributed by atoms with van der Waals surface area (Å²) in [6, 6.07) is 21.4. The fourth-order valence-electron chi connectivity index (χ4n) is 2.67. The van der Waals surface area contributed by atoms with E-state index in [9.17, 15) is 4.79 Å². The van der Waals surface area contributed by atoms with Crippen LogP contribution in [0.5, 0.6) is 0 Å². The molecule has 1 amide bonds. The summed E-state index contributed by atoms with van der Waals surface area (Å²) in [5, 5.41) is 5.31. The van der Waals surface area contributed by atoms with Crippen LogP contribution in [0.25, 0.3) is 21.9 Å². The van der Waals surface area contributed by atoms with E-state index >= 15 is 0 Å². The Kier molecular flexibility index (Phi) is 4.15. The zero-order valence-electron chi connectivity index (χ0n) is 13.6. The van der Waals surface area contributed by atoms with Crippen LogP contribution in [0, 0.1) is 0 Å². The maximum atomic E-state index is 12.6. The molecule has 4 aromatic rings. The Bertz CT molecular complexity index is 1020. The molecule has 0 saturated heterocycles. The second kappa shape index (κ2) is 6.61. The molecule has 4 nitrogen and oxygen atoms in total. The lowest BCUT2D eigenvalue weighted by atomic mass is 10.1. The molecule has 0 bridgehead atoms. The molecule has 0 unspecified atom stereocenters. The highest BCUT2D eigenvalue weighted by Gasteiger charge is 2.18. The van der Waals surface area contributed by atoms with Crippen molar-refractivity contribution in [2.24, 2.45) is 0 Å². The van der Waals surface area contributed by atoms with Crippen molar-refractivity contribution < 1.29 is 9.21 Å². The molecule has 0 spiro atoms. The van der Waals surface area contributed by atoms with Gasteiger partial charge in [0.1, 0.15) is 5.52 Å². The van der Waals surface area contributed by atoms with Gasteiger partial charge in [0.25, 0.3) is 5.22 Å². The first-order valence-corrected chi connectivity index (χ1v) is 8.89. The van der Waals surface area contributed by atoms with Crippen molar-refractivity contribution in [1.82, 2.24) is 4.98 Å². The number of para-hydroxylation sites is 2. The molecule has 0 saturated carbocycles. The van der Waals surface area contributed by atoms with E-state index in [1.807, 2.05) is 73.7 Å². The summed E-state index contributed by atoms with van der Waals surface area (Å²) in [4.78, 5) is 17.0. The van der Waals surface area contributed by atoms with E-state index in [0.29, 0.717) is 5.22 Å². The molecule has 124 valence electrons. The van der Waals surface area contributed by atoms with Gasteiger partial charge in [0.05, 0.1) is 5.25 Å². The number of benzene rings is 3. The lowest BCUT2D eigenvalue weighted by Crippen LogP contribution is -2.22. The normalized spacial score (nSPS) is 12.4. The minimum absolute atomic E-state index is 0.0800. The summed E-state index contributed by atoms with van der Waals surface area (Å²) in [6.07, 6.45) is 0. The summed E-state index contributed by atoms with van der Waals surface area (Å²) in [5.74, 6) is -0.0800. The Hall–Kier alpha value is -2.79. The third-order valence-electron chi connectivity index (χ3n) is 3.97. The molecule has 5 heteroatoms. The first kappa shape index (κ1) is 15.7. The molecule has 1 N–H and O–H groups in total. The van der Waals surface area contributed by atoms with Crippen molar-refractivity contribution in [2.75, 3.05) is 5.32 Å². The molecule has 3 aromatic carbocycles. The predicted octanol–water partition coefficient (Wildman–Crippen LogP) is 5.10. The van der Waals surface area contributed by atoms with Crippen molar-refractivity contribution >= 4 is 45.2 Å². The smallest absolute Gasteiger partial charge is 0.257 e. The first-order chi connectivity index (χ1) is 12.2. The van der Waals surface area contributed by atoms with Crippen LogP contribution >= 0.6 is 11.8 Å². The zero-order valence-corrected chi connectivity index (χ0v) is 14.4. The molecule has 0 aliphatic rings. The Morgan fingerprint density at radius 3 is 2.68 bits per heavy atom. The standard InChI is InChI=1S/C20H16N2O2S/c1-13(25-20-22-17-10-4-5-12-18(17)24-20)19(23)21-16-11-6-8-14-7-2-3-9-15(14)16/h2-13H,1H3,(H,21,23)/t13-/m1/s1.